The van der Waals surface area contributed by atoms with Crippen molar-refractivity contribution in [1.82, 2.24) is 5.32 Å². The van der Waals surface area contributed by atoms with Crippen molar-refractivity contribution in [2.45, 2.75) is 38.3 Å². The van der Waals surface area contributed by atoms with Crippen molar-refractivity contribution in [2.24, 2.45) is 17.8 Å². The van der Waals surface area contributed by atoms with E-state index >= 15 is 0 Å². The van der Waals surface area contributed by atoms with Gasteiger partial charge in [-0.2, -0.15) is 0 Å². The van der Waals surface area contributed by atoms with E-state index in [1.807, 2.05) is 31.2 Å². The van der Waals surface area contributed by atoms with Gasteiger partial charge in [0.05, 0.1) is 12.1 Å². The van der Waals surface area contributed by atoms with Gasteiger partial charge in [-0.3, -0.25) is 4.79 Å². The lowest BCUT2D eigenvalue weighted by Gasteiger charge is -2.21. The molecule has 1 amide bonds. The van der Waals surface area contributed by atoms with E-state index in [0.717, 1.165) is 22.4 Å². The maximum Gasteiger partial charge on any atom is 0.223 e. The smallest absolute Gasteiger partial charge is 0.223 e. The second kappa shape index (κ2) is 5.49. The van der Waals surface area contributed by atoms with Gasteiger partial charge in [-0.1, -0.05) is 28.1 Å². The molecular formula is C16H20BrNO2. The van der Waals surface area contributed by atoms with Gasteiger partial charge in [0.25, 0.3) is 0 Å². The average molecular weight is 338 g/mol. The maximum atomic E-state index is 12.1. The third-order valence-corrected chi connectivity index (χ3v) is 4.99. The Morgan fingerprint density at radius 2 is 2.00 bits per heavy atom. The van der Waals surface area contributed by atoms with E-state index in [1.165, 1.54) is 12.8 Å². The van der Waals surface area contributed by atoms with Gasteiger partial charge < -0.3 is 10.4 Å². The molecule has 3 nitrogen and oxygen atoms in total. The summed E-state index contributed by atoms with van der Waals surface area (Å²) >= 11 is 3.37. The van der Waals surface area contributed by atoms with Crippen molar-refractivity contribution in [3.05, 3.63) is 34.3 Å². The van der Waals surface area contributed by atoms with Crippen LogP contribution in [0.4, 0.5) is 0 Å². The lowest BCUT2D eigenvalue weighted by molar-refractivity contribution is -0.124. The molecule has 2 fully saturated rings. The van der Waals surface area contributed by atoms with Gasteiger partial charge in [0.2, 0.25) is 5.91 Å². The summed E-state index contributed by atoms with van der Waals surface area (Å²) in [7, 11) is 0. The van der Waals surface area contributed by atoms with Crippen LogP contribution >= 0.6 is 15.9 Å². The minimum absolute atomic E-state index is 0.116. The Hall–Kier alpha value is -0.870. The van der Waals surface area contributed by atoms with Gasteiger partial charge in [-0.15, -0.1) is 0 Å². The first-order valence-corrected chi connectivity index (χ1v) is 8.09. The average Bonchev–Trinajstić information content (AvgIpc) is 3.28. The van der Waals surface area contributed by atoms with Crippen LogP contribution in [0.5, 0.6) is 0 Å². The molecule has 4 atom stereocenters. The molecule has 108 valence electrons. The van der Waals surface area contributed by atoms with Crippen LogP contribution < -0.4 is 5.32 Å². The molecule has 0 saturated heterocycles. The van der Waals surface area contributed by atoms with Gasteiger partial charge in [-0.05, 0) is 55.7 Å². The number of amides is 1. The standard InChI is InChI=1S/C16H20BrNO2/c1-9(15(19)11-4-6-12(17)7-5-11)18-16(20)14-8-13(14)10-2-3-10/h4-7,9-10,13-15,19H,2-3,8H2,1H3,(H,18,20). The van der Waals surface area contributed by atoms with Crippen molar-refractivity contribution in [1.29, 1.82) is 0 Å². The molecule has 0 spiro atoms. The molecule has 0 aromatic heterocycles. The lowest BCUT2D eigenvalue weighted by atomic mass is 10.0. The number of carbonyl (C=O) groups is 1. The quantitative estimate of drug-likeness (QED) is 0.867. The van der Waals surface area contributed by atoms with E-state index in [9.17, 15) is 9.90 Å². The van der Waals surface area contributed by atoms with E-state index in [-0.39, 0.29) is 17.9 Å². The third kappa shape index (κ3) is 3.07. The number of aliphatic hydroxyl groups is 1. The number of hydrogen-bond donors (Lipinski definition) is 2. The number of benzene rings is 1. The molecule has 1 aromatic rings. The fourth-order valence-electron chi connectivity index (χ4n) is 2.92. The van der Waals surface area contributed by atoms with Gasteiger partial charge in [0, 0.05) is 10.4 Å². The number of halogens is 1. The summed E-state index contributed by atoms with van der Waals surface area (Å²) in [6.45, 7) is 1.86. The SMILES string of the molecule is CC(NC(=O)C1CC1C1CC1)C(O)c1ccc(Br)cc1. The number of nitrogens with one attached hydrogen (secondary N) is 1. The number of carbonyl (C=O) groups excluding carboxylic acids is 1. The molecule has 2 aliphatic rings. The Labute approximate surface area is 127 Å². The molecule has 0 aliphatic heterocycles. The van der Waals surface area contributed by atoms with Crippen LogP contribution in [-0.4, -0.2) is 17.1 Å². The normalized spacial score (nSPS) is 27.8. The molecule has 3 rings (SSSR count). The molecule has 0 heterocycles. The van der Waals surface area contributed by atoms with Gasteiger partial charge in [0.15, 0.2) is 0 Å². The monoisotopic (exact) mass is 337 g/mol. The first-order chi connectivity index (χ1) is 9.56. The molecule has 1 aromatic carbocycles. The van der Waals surface area contributed by atoms with Gasteiger partial charge >= 0.3 is 0 Å². The second-order valence-electron chi connectivity index (χ2n) is 6.14. The van der Waals surface area contributed by atoms with E-state index < -0.39 is 6.10 Å². The molecule has 4 unspecified atom stereocenters. The van der Waals surface area contributed by atoms with Crippen LogP contribution in [0.1, 0.15) is 37.9 Å². The lowest BCUT2D eigenvalue weighted by Crippen LogP contribution is -2.38. The Morgan fingerprint density at radius 3 is 2.60 bits per heavy atom. The summed E-state index contributed by atoms with van der Waals surface area (Å²) in [5.74, 6) is 1.73. The fraction of sp³-hybridized carbons (Fsp3) is 0.562. The topological polar surface area (TPSA) is 49.3 Å². The number of rotatable bonds is 5. The highest BCUT2D eigenvalue weighted by Gasteiger charge is 2.51. The van der Waals surface area contributed by atoms with Crippen LogP contribution in [-0.2, 0) is 4.79 Å². The molecule has 20 heavy (non-hydrogen) atoms. The van der Waals surface area contributed by atoms with Crippen LogP contribution in [0.3, 0.4) is 0 Å². The van der Waals surface area contributed by atoms with Crippen molar-refractivity contribution in [2.75, 3.05) is 0 Å². The highest BCUT2D eigenvalue weighted by atomic mass is 79.9. The predicted octanol–water partition coefficient (Wildman–Crippen LogP) is 3.03. The zero-order valence-electron chi connectivity index (χ0n) is 11.6. The predicted molar refractivity (Wildman–Crippen MR) is 81.0 cm³/mol. The van der Waals surface area contributed by atoms with Gasteiger partial charge in [0.1, 0.15) is 0 Å². The Balaban J connectivity index is 1.54. The molecule has 0 bridgehead atoms. The van der Waals surface area contributed by atoms with Gasteiger partial charge in [-0.25, -0.2) is 0 Å². The summed E-state index contributed by atoms with van der Waals surface area (Å²) in [6.07, 6.45) is 2.97. The molecule has 2 aliphatic carbocycles. The van der Waals surface area contributed by atoms with Crippen LogP contribution in [0.2, 0.25) is 0 Å². The van der Waals surface area contributed by atoms with Crippen molar-refractivity contribution in [3.63, 3.8) is 0 Å². The summed E-state index contributed by atoms with van der Waals surface area (Å²) < 4.78 is 0.982. The van der Waals surface area contributed by atoms with E-state index in [2.05, 4.69) is 21.2 Å². The Kier molecular flexibility index (Phi) is 3.87. The first kappa shape index (κ1) is 14.1. The van der Waals surface area contributed by atoms with E-state index in [0.29, 0.717) is 5.92 Å². The largest absolute Gasteiger partial charge is 0.386 e. The van der Waals surface area contributed by atoms with E-state index in [4.69, 9.17) is 0 Å². The number of aliphatic hydroxyl groups excluding tert-OH is 1. The maximum absolute atomic E-state index is 12.1. The molecule has 0 radical (unpaired) electrons. The first-order valence-electron chi connectivity index (χ1n) is 7.30. The summed E-state index contributed by atoms with van der Waals surface area (Å²) in [6, 6.07) is 7.29. The highest BCUT2D eigenvalue weighted by Crippen LogP contribution is 2.54. The van der Waals surface area contributed by atoms with Crippen LogP contribution in [0.15, 0.2) is 28.7 Å². The van der Waals surface area contributed by atoms with Crippen molar-refractivity contribution in [3.8, 4) is 0 Å². The van der Waals surface area contributed by atoms with Crippen molar-refractivity contribution < 1.29 is 9.90 Å². The Morgan fingerprint density at radius 1 is 1.35 bits per heavy atom. The Bertz CT molecular complexity index is 498. The fourth-order valence-corrected chi connectivity index (χ4v) is 3.18. The second-order valence-corrected chi connectivity index (χ2v) is 7.05. The molecule has 2 N–H and O–H groups in total. The molecular weight excluding hydrogens is 318 g/mol. The molecule has 4 heteroatoms. The zero-order chi connectivity index (χ0) is 14.3. The van der Waals surface area contributed by atoms with E-state index in [1.54, 1.807) is 0 Å². The minimum Gasteiger partial charge on any atom is -0.386 e. The minimum atomic E-state index is -0.662. The number of hydrogen-bond acceptors (Lipinski definition) is 2. The summed E-state index contributed by atoms with van der Waals surface area (Å²) in [5.41, 5.74) is 0.829. The molecule has 2 saturated carbocycles. The highest BCUT2D eigenvalue weighted by molar-refractivity contribution is 9.10. The summed E-state index contributed by atoms with van der Waals surface area (Å²) in [5, 5.41) is 13.3. The van der Waals surface area contributed by atoms with Crippen molar-refractivity contribution >= 4 is 21.8 Å². The van der Waals surface area contributed by atoms with Crippen LogP contribution in [0, 0.1) is 17.8 Å². The zero-order valence-corrected chi connectivity index (χ0v) is 13.1. The third-order valence-electron chi connectivity index (χ3n) is 4.46. The van der Waals surface area contributed by atoms with Crippen LogP contribution in [0.25, 0.3) is 0 Å². The summed E-state index contributed by atoms with van der Waals surface area (Å²) in [4.78, 5) is 12.1.